The number of halogens is 5. The third-order valence-electron chi connectivity index (χ3n) is 7.57. The van der Waals surface area contributed by atoms with Crippen LogP contribution >= 0.6 is 23.2 Å². The molecule has 0 saturated carbocycles. The monoisotopic (exact) mass is 653 g/mol. The van der Waals surface area contributed by atoms with Crippen LogP contribution < -0.4 is 20.4 Å². The Bertz CT molecular complexity index is 1470. The zero-order valence-corrected chi connectivity index (χ0v) is 25.5. The van der Waals surface area contributed by atoms with Crippen LogP contribution in [-0.4, -0.2) is 72.5 Å². The Morgan fingerprint density at radius 1 is 1.02 bits per heavy atom. The number of alkyl halides is 3. The number of oxazole rings is 1. The number of Topliss-reactive ketones (excluding diaryl/α,β-unsaturated/α-hetero) is 1. The first kappa shape index (κ1) is 31.7. The van der Waals surface area contributed by atoms with Gasteiger partial charge in [0.05, 0.1) is 34.2 Å². The van der Waals surface area contributed by atoms with Gasteiger partial charge in [0, 0.05) is 39.3 Å². The van der Waals surface area contributed by atoms with Crippen molar-refractivity contribution in [2.24, 2.45) is 5.92 Å². The molecule has 0 aliphatic carbocycles. The van der Waals surface area contributed by atoms with Crippen molar-refractivity contribution in [2.45, 2.75) is 32.4 Å². The molecular weight excluding hydrogens is 622 g/mol. The fourth-order valence-electron chi connectivity index (χ4n) is 5.28. The molecule has 2 amide bonds. The number of pyridine rings is 1. The van der Waals surface area contributed by atoms with Gasteiger partial charge in [-0.25, -0.2) is 9.78 Å². The second-order valence-electron chi connectivity index (χ2n) is 10.9. The average Bonchev–Trinajstić information content (AvgIpc) is 3.31. The summed E-state index contributed by atoms with van der Waals surface area (Å²) in [6.07, 6.45) is -0.857. The van der Waals surface area contributed by atoms with E-state index in [0.717, 1.165) is 12.8 Å². The second kappa shape index (κ2) is 13.5. The van der Waals surface area contributed by atoms with E-state index in [1.807, 2.05) is 11.8 Å². The van der Waals surface area contributed by atoms with Crippen LogP contribution in [0.4, 0.5) is 41.2 Å². The van der Waals surface area contributed by atoms with E-state index in [1.54, 1.807) is 40.1 Å². The zero-order valence-electron chi connectivity index (χ0n) is 24.0. The third-order valence-corrected chi connectivity index (χ3v) is 8.20. The van der Waals surface area contributed by atoms with E-state index >= 15 is 0 Å². The minimum atomic E-state index is -4.83. The molecular formula is C29H32Cl2F3N7O3. The fraction of sp³-hybridized carbons (Fsp3) is 0.448. The Morgan fingerprint density at radius 2 is 1.77 bits per heavy atom. The molecule has 2 fully saturated rings. The molecule has 2 aromatic heterocycles. The summed E-state index contributed by atoms with van der Waals surface area (Å²) in [6, 6.07) is 7.94. The predicted molar refractivity (Wildman–Crippen MR) is 163 cm³/mol. The van der Waals surface area contributed by atoms with E-state index in [4.69, 9.17) is 27.6 Å². The minimum Gasteiger partial charge on any atom is -0.419 e. The van der Waals surface area contributed by atoms with E-state index in [-0.39, 0.29) is 18.0 Å². The number of hydrogen-bond acceptors (Lipinski definition) is 8. The summed E-state index contributed by atoms with van der Waals surface area (Å²) in [5.41, 5.74) is -0.502. The largest absolute Gasteiger partial charge is 0.437 e. The first-order valence-electron chi connectivity index (χ1n) is 14.3. The summed E-state index contributed by atoms with van der Waals surface area (Å²) in [6.45, 7) is 4.73. The van der Waals surface area contributed by atoms with Crippen molar-refractivity contribution in [3.05, 3.63) is 58.0 Å². The van der Waals surface area contributed by atoms with E-state index in [2.05, 4.69) is 20.6 Å². The number of ketones is 1. The third kappa shape index (κ3) is 7.49. The lowest BCUT2D eigenvalue weighted by Gasteiger charge is -2.29. The summed E-state index contributed by atoms with van der Waals surface area (Å²) < 4.78 is 46.5. The van der Waals surface area contributed by atoms with Gasteiger partial charge in [0.15, 0.2) is 5.69 Å². The molecule has 2 saturated heterocycles. The topological polar surface area (TPSA) is 107 Å². The van der Waals surface area contributed by atoms with Gasteiger partial charge in [0.25, 0.3) is 6.01 Å². The number of rotatable bonds is 7. The highest BCUT2D eigenvalue weighted by molar-refractivity contribution is 6.39. The van der Waals surface area contributed by atoms with Crippen molar-refractivity contribution >= 4 is 58.2 Å². The van der Waals surface area contributed by atoms with Gasteiger partial charge in [-0.05, 0) is 49.4 Å². The maximum atomic E-state index is 13.7. The van der Waals surface area contributed by atoms with Gasteiger partial charge in [0.1, 0.15) is 5.82 Å². The van der Waals surface area contributed by atoms with Crippen molar-refractivity contribution in [3.63, 3.8) is 0 Å². The average molecular weight is 655 g/mol. The molecule has 15 heteroatoms. The number of benzene rings is 1. The van der Waals surface area contributed by atoms with Gasteiger partial charge >= 0.3 is 12.2 Å². The van der Waals surface area contributed by atoms with Crippen molar-refractivity contribution in [1.29, 1.82) is 0 Å². The van der Waals surface area contributed by atoms with Gasteiger partial charge in [-0.1, -0.05) is 36.2 Å². The van der Waals surface area contributed by atoms with Crippen molar-refractivity contribution in [2.75, 3.05) is 66.2 Å². The SMILES string of the molecule is CC1CCCN(c2nc(C(F)(F)F)c(C(=O)CNc3ccc(N4CCCN(C(=O)Nc5c(Cl)cccc5Cl)CC4)nc3)o2)C1. The summed E-state index contributed by atoms with van der Waals surface area (Å²) in [5, 5.41) is 6.31. The van der Waals surface area contributed by atoms with Crippen molar-refractivity contribution < 1.29 is 27.2 Å². The summed E-state index contributed by atoms with van der Waals surface area (Å²) >= 11 is 12.4. The number of carbonyl (C=O) groups excluding carboxylic acids is 2. The maximum Gasteiger partial charge on any atom is 0.437 e. The first-order chi connectivity index (χ1) is 21.0. The Morgan fingerprint density at radius 3 is 2.45 bits per heavy atom. The predicted octanol–water partition coefficient (Wildman–Crippen LogP) is 6.67. The lowest BCUT2D eigenvalue weighted by Crippen LogP contribution is -2.38. The fourth-order valence-corrected chi connectivity index (χ4v) is 5.77. The molecule has 0 bridgehead atoms. The minimum absolute atomic E-state index is 0.181. The highest BCUT2D eigenvalue weighted by atomic mass is 35.5. The van der Waals surface area contributed by atoms with Crippen LogP contribution in [0.1, 0.15) is 42.4 Å². The van der Waals surface area contributed by atoms with E-state index in [1.165, 1.54) is 6.20 Å². The summed E-state index contributed by atoms with van der Waals surface area (Å²) in [7, 11) is 0. The standard InChI is InChI=1S/C29H32Cl2F3N7O3/c1-18-5-3-10-41(17-18)28-38-26(29(32,33)34)25(44-28)22(42)16-35-19-8-9-23(36-15-19)39-11-4-12-40(14-13-39)27(43)37-24-20(30)6-2-7-21(24)31/h2,6-9,15,18,35H,3-5,10-14,16-17H2,1H3,(H,37,43). The van der Waals surface area contributed by atoms with Gasteiger partial charge in [-0.15, -0.1) is 0 Å². The molecule has 3 aromatic rings. The number of aromatic nitrogens is 2. The Labute approximate surface area is 262 Å². The number of amides is 2. The molecule has 2 N–H and O–H groups in total. The van der Waals surface area contributed by atoms with Crippen molar-refractivity contribution in [3.8, 4) is 0 Å². The number of hydrogen-bond donors (Lipinski definition) is 2. The van der Waals surface area contributed by atoms with Crippen LogP contribution in [0.5, 0.6) is 0 Å². The second-order valence-corrected chi connectivity index (χ2v) is 11.7. The molecule has 236 valence electrons. The van der Waals surface area contributed by atoms with Gasteiger partial charge in [-0.2, -0.15) is 18.2 Å². The molecule has 1 unspecified atom stereocenters. The number of nitrogens with one attached hydrogen (secondary N) is 2. The molecule has 5 rings (SSSR count). The number of carbonyl (C=O) groups is 2. The number of urea groups is 1. The lowest BCUT2D eigenvalue weighted by molar-refractivity contribution is -0.141. The maximum absolute atomic E-state index is 13.7. The highest BCUT2D eigenvalue weighted by Gasteiger charge is 2.42. The van der Waals surface area contributed by atoms with Crippen LogP contribution in [0.2, 0.25) is 10.0 Å². The molecule has 4 heterocycles. The summed E-state index contributed by atoms with van der Waals surface area (Å²) in [4.78, 5) is 39.2. The smallest absolute Gasteiger partial charge is 0.419 e. The Balaban J connectivity index is 1.17. The lowest BCUT2D eigenvalue weighted by atomic mass is 10.0. The summed E-state index contributed by atoms with van der Waals surface area (Å²) in [5.74, 6) is -0.729. The van der Waals surface area contributed by atoms with Crippen LogP contribution in [0, 0.1) is 5.92 Å². The number of piperidine rings is 1. The van der Waals surface area contributed by atoms with E-state index in [9.17, 15) is 22.8 Å². The molecule has 1 atom stereocenters. The zero-order chi connectivity index (χ0) is 31.4. The number of para-hydroxylation sites is 1. The van der Waals surface area contributed by atoms with Gasteiger partial charge < -0.3 is 29.8 Å². The van der Waals surface area contributed by atoms with Crippen LogP contribution in [-0.2, 0) is 6.18 Å². The molecule has 2 aliphatic rings. The first-order valence-corrected chi connectivity index (χ1v) is 15.1. The van der Waals surface area contributed by atoms with E-state index < -0.39 is 30.0 Å². The molecule has 1 aromatic carbocycles. The molecule has 0 spiro atoms. The molecule has 0 radical (unpaired) electrons. The van der Waals surface area contributed by atoms with Crippen LogP contribution in [0.3, 0.4) is 0 Å². The molecule has 44 heavy (non-hydrogen) atoms. The van der Waals surface area contributed by atoms with Crippen molar-refractivity contribution in [1.82, 2.24) is 14.9 Å². The van der Waals surface area contributed by atoms with Gasteiger partial charge in [-0.3, -0.25) is 4.79 Å². The normalized spacial score (nSPS) is 17.8. The molecule has 10 nitrogen and oxygen atoms in total. The van der Waals surface area contributed by atoms with Crippen LogP contribution in [0.15, 0.2) is 40.9 Å². The molecule has 2 aliphatic heterocycles. The number of nitrogens with zero attached hydrogens (tertiary/aromatic N) is 5. The quantitative estimate of drug-likeness (QED) is 0.272. The van der Waals surface area contributed by atoms with Crippen LogP contribution in [0.25, 0.3) is 0 Å². The van der Waals surface area contributed by atoms with Gasteiger partial charge in [0.2, 0.25) is 11.5 Å². The Hall–Kier alpha value is -3.71. The van der Waals surface area contributed by atoms with E-state index in [0.29, 0.717) is 72.9 Å². The Kier molecular flexibility index (Phi) is 9.74. The highest BCUT2D eigenvalue weighted by Crippen LogP contribution is 2.35. The number of anilines is 4.